The summed E-state index contributed by atoms with van der Waals surface area (Å²) in [5, 5.41) is 0. The van der Waals surface area contributed by atoms with Gasteiger partial charge in [0.05, 0.1) is 6.10 Å². The Bertz CT molecular complexity index is 851. The van der Waals surface area contributed by atoms with Crippen molar-refractivity contribution in [3.05, 3.63) is 11.6 Å². The van der Waals surface area contributed by atoms with E-state index in [1.807, 2.05) is 12.7 Å². The first-order valence-corrected chi connectivity index (χ1v) is 14.3. The van der Waals surface area contributed by atoms with Gasteiger partial charge in [-0.05, 0) is 114 Å². The molecular formula is C32H54O. The zero-order valence-corrected chi connectivity index (χ0v) is 23.8. The Morgan fingerprint density at radius 3 is 2.09 bits per heavy atom. The number of ether oxygens (including phenoxy) is 1. The third kappa shape index (κ3) is 2.81. The lowest BCUT2D eigenvalue weighted by Crippen LogP contribution is -2.69. The summed E-state index contributed by atoms with van der Waals surface area (Å²) in [5.41, 5.74) is 4.67. The van der Waals surface area contributed by atoms with Gasteiger partial charge in [-0.3, -0.25) is 0 Å². The van der Waals surface area contributed by atoms with E-state index in [1.54, 1.807) is 0 Å². The summed E-state index contributed by atoms with van der Waals surface area (Å²) in [4.78, 5) is 0. The first-order valence-electron chi connectivity index (χ1n) is 14.3. The number of allylic oxidation sites excluding steroid dienone is 2. The highest BCUT2D eigenvalue weighted by Crippen LogP contribution is 2.80. The van der Waals surface area contributed by atoms with Gasteiger partial charge < -0.3 is 4.74 Å². The van der Waals surface area contributed by atoms with Crippen LogP contribution in [0.5, 0.6) is 0 Å². The highest BCUT2D eigenvalue weighted by atomic mass is 16.5. The highest BCUT2D eigenvalue weighted by molar-refractivity contribution is 5.35. The zero-order valence-electron chi connectivity index (χ0n) is 23.8. The van der Waals surface area contributed by atoms with Crippen LogP contribution in [0, 0.1) is 49.7 Å². The summed E-state index contributed by atoms with van der Waals surface area (Å²) in [6.45, 7) is 23.7. The van der Waals surface area contributed by atoms with E-state index < -0.39 is 0 Å². The van der Waals surface area contributed by atoms with Crippen LogP contribution in [0.2, 0.25) is 0 Å². The molecule has 5 rings (SSSR count). The molecule has 0 aliphatic heterocycles. The number of methoxy groups -OCH3 is 1. The van der Waals surface area contributed by atoms with Gasteiger partial charge in [0, 0.05) is 7.11 Å². The topological polar surface area (TPSA) is 9.23 Å². The zero-order chi connectivity index (χ0) is 24.3. The summed E-state index contributed by atoms with van der Waals surface area (Å²) < 4.78 is 6.08. The van der Waals surface area contributed by atoms with Crippen molar-refractivity contribution >= 4 is 0 Å². The second-order valence-corrected chi connectivity index (χ2v) is 16.0. The molecule has 4 saturated carbocycles. The molecule has 0 N–H and O–H groups in total. The van der Waals surface area contributed by atoms with Crippen molar-refractivity contribution in [1.82, 2.24) is 0 Å². The van der Waals surface area contributed by atoms with E-state index in [2.05, 4.69) is 68.4 Å². The molecule has 1 heteroatoms. The minimum Gasteiger partial charge on any atom is -0.381 e. The first-order chi connectivity index (χ1) is 15.1. The van der Waals surface area contributed by atoms with Crippen LogP contribution in [0.3, 0.4) is 0 Å². The second kappa shape index (κ2) is 6.92. The molecule has 0 unspecified atom stereocenters. The fourth-order valence-corrected chi connectivity index (χ4v) is 11.3. The lowest BCUT2D eigenvalue weighted by molar-refractivity contribution is -0.251. The minimum atomic E-state index is 0.259. The lowest BCUT2D eigenvalue weighted by atomic mass is 9.29. The molecule has 8 atom stereocenters. The van der Waals surface area contributed by atoms with Crippen LogP contribution in [0.4, 0.5) is 0 Å². The standard InChI is InChI=1S/C32H54O/c1-26(2)17-18-28(5)19-20-29(6)22(23(28)21-26)11-15-32(9)30(7)14-13-25(33-10)27(3,4)24(30)12-16-31(29,32)8/h11,23-25H,12-21H2,1-10H3/t23-,24-,25-,28+,29+,30-,31-,32+/m0/s1. The van der Waals surface area contributed by atoms with Gasteiger partial charge in [0.1, 0.15) is 0 Å². The van der Waals surface area contributed by atoms with Crippen molar-refractivity contribution in [3.63, 3.8) is 0 Å². The van der Waals surface area contributed by atoms with Crippen LogP contribution in [0.1, 0.15) is 127 Å². The lowest BCUT2D eigenvalue weighted by Gasteiger charge is -2.75. The number of hydrogen-bond acceptors (Lipinski definition) is 1. The van der Waals surface area contributed by atoms with Crippen molar-refractivity contribution in [2.24, 2.45) is 49.7 Å². The molecule has 0 saturated heterocycles. The summed E-state index contributed by atoms with van der Waals surface area (Å²) >= 11 is 0. The number of rotatable bonds is 1. The molecule has 0 heterocycles. The van der Waals surface area contributed by atoms with E-state index >= 15 is 0 Å². The van der Waals surface area contributed by atoms with Crippen LogP contribution >= 0.6 is 0 Å². The van der Waals surface area contributed by atoms with Gasteiger partial charge in [0.25, 0.3) is 0 Å². The quantitative estimate of drug-likeness (QED) is 0.359. The van der Waals surface area contributed by atoms with Crippen molar-refractivity contribution in [2.75, 3.05) is 7.11 Å². The Balaban J connectivity index is 1.61. The SMILES string of the molecule is CO[C@H]1CC[C@@]2(C)[C@@H](CC[C@]3(C)[C@]2(C)CC=C2[C@@H]4CC(C)(C)CC[C@]4(C)CC[C@]23C)C1(C)C. The number of hydrogen-bond donors (Lipinski definition) is 0. The van der Waals surface area contributed by atoms with Crippen molar-refractivity contribution in [3.8, 4) is 0 Å². The normalized spacial score (nSPS) is 54.8. The molecule has 0 amide bonds. The average molecular weight is 455 g/mol. The Morgan fingerprint density at radius 2 is 1.42 bits per heavy atom. The summed E-state index contributed by atoms with van der Waals surface area (Å²) in [5.74, 6) is 1.55. The molecule has 188 valence electrons. The van der Waals surface area contributed by atoms with Crippen LogP contribution in [0.25, 0.3) is 0 Å². The Labute approximate surface area is 205 Å². The summed E-state index contributed by atoms with van der Waals surface area (Å²) in [6, 6.07) is 0. The van der Waals surface area contributed by atoms with Gasteiger partial charge in [-0.1, -0.05) is 74.0 Å². The van der Waals surface area contributed by atoms with Crippen molar-refractivity contribution < 1.29 is 4.74 Å². The third-order valence-electron chi connectivity index (χ3n) is 14.2. The van der Waals surface area contributed by atoms with Gasteiger partial charge in [0.2, 0.25) is 0 Å². The van der Waals surface area contributed by atoms with Crippen LogP contribution in [0.15, 0.2) is 11.6 Å². The molecule has 0 aromatic heterocycles. The Hall–Kier alpha value is -0.300. The molecule has 33 heavy (non-hydrogen) atoms. The minimum absolute atomic E-state index is 0.259. The van der Waals surface area contributed by atoms with Gasteiger partial charge in [-0.2, -0.15) is 0 Å². The fourth-order valence-electron chi connectivity index (χ4n) is 11.3. The van der Waals surface area contributed by atoms with E-state index in [0.29, 0.717) is 38.6 Å². The molecule has 0 spiro atoms. The Kier molecular flexibility index (Phi) is 5.12. The van der Waals surface area contributed by atoms with Crippen molar-refractivity contribution in [1.29, 1.82) is 0 Å². The van der Waals surface area contributed by atoms with Crippen molar-refractivity contribution in [2.45, 2.75) is 133 Å². The number of fused-ring (bicyclic) bond motifs is 7. The van der Waals surface area contributed by atoms with Crippen LogP contribution in [-0.4, -0.2) is 13.2 Å². The average Bonchev–Trinajstić information content (AvgIpc) is 2.72. The molecule has 0 aromatic carbocycles. The van der Waals surface area contributed by atoms with E-state index in [-0.39, 0.29) is 5.41 Å². The van der Waals surface area contributed by atoms with E-state index in [0.717, 1.165) is 11.8 Å². The highest BCUT2D eigenvalue weighted by Gasteiger charge is 2.72. The first kappa shape index (κ1) is 24.4. The maximum absolute atomic E-state index is 6.08. The van der Waals surface area contributed by atoms with E-state index in [9.17, 15) is 0 Å². The molecular weight excluding hydrogens is 400 g/mol. The molecule has 0 aromatic rings. The van der Waals surface area contributed by atoms with E-state index in [1.165, 1.54) is 64.2 Å². The maximum Gasteiger partial charge on any atom is 0.0625 e. The Morgan fingerprint density at radius 1 is 0.758 bits per heavy atom. The second-order valence-electron chi connectivity index (χ2n) is 16.0. The van der Waals surface area contributed by atoms with Gasteiger partial charge in [0.15, 0.2) is 0 Å². The summed E-state index contributed by atoms with van der Waals surface area (Å²) in [7, 11) is 1.95. The smallest absolute Gasteiger partial charge is 0.0625 e. The molecule has 5 aliphatic carbocycles. The van der Waals surface area contributed by atoms with E-state index in [4.69, 9.17) is 4.74 Å². The fraction of sp³-hybridized carbons (Fsp3) is 0.938. The van der Waals surface area contributed by atoms with Gasteiger partial charge >= 0.3 is 0 Å². The van der Waals surface area contributed by atoms with Gasteiger partial charge in [-0.15, -0.1) is 0 Å². The monoisotopic (exact) mass is 454 g/mol. The third-order valence-corrected chi connectivity index (χ3v) is 14.2. The molecule has 5 aliphatic rings. The molecule has 0 bridgehead atoms. The maximum atomic E-state index is 6.08. The largest absolute Gasteiger partial charge is 0.381 e. The van der Waals surface area contributed by atoms with Gasteiger partial charge in [-0.25, -0.2) is 0 Å². The molecule has 0 radical (unpaired) electrons. The molecule has 1 nitrogen and oxygen atoms in total. The predicted octanol–water partition coefficient (Wildman–Crippen LogP) is 9.21. The summed E-state index contributed by atoms with van der Waals surface area (Å²) in [6.07, 6.45) is 17.0. The van der Waals surface area contributed by atoms with Crippen LogP contribution in [-0.2, 0) is 4.74 Å². The van der Waals surface area contributed by atoms with Crippen LogP contribution < -0.4 is 0 Å². The molecule has 4 fully saturated rings. The predicted molar refractivity (Wildman–Crippen MR) is 140 cm³/mol.